The normalized spacial score (nSPS) is 14.2. The molecule has 0 bridgehead atoms. The second-order valence-corrected chi connectivity index (χ2v) is 6.24. The average Bonchev–Trinajstić information content (AvgIpc) is 2.95. The number of methoxy groups -OCH3 is 1. The van der Waals surface area contributed by atoms with Crippen LogP contribution in [-0.4, -0.2) is 57.7 Å². The SMILES string of the molecule is COc1ccc(CN(C)C(=O)CN2CCn3c(C)nnc3C2)cc1F. The van der Waals surface area contributed by atoms with Crippen LogP contribution in [0, 0.1) is 12.7 Å². The van der Waals surface area contributed by atoms with Gasteiger partial charge in [-0.05, 0) is 24.6 Å². The van der Waals surface area contributed by atoms with Crippen LogP contribution in [0.4, 0.5) is 4.39 Å². The quantitative estimate of drug-likeness (QED) is 0.813. The molecule has 2 heterocycles. The third-order valence-corrected chi connectivity index (χ3v) is 4.44. The molecular formula is C17H22FN5O2. The molecule has 1 aliphatic rings. The molecule has 3 rings (SSSR count). The van der Waals surface area contributed by atoms with Crippen LogP contribution < -0.4 is 4.74 Å². The number of benzene rings is 1. The molecule has 1 amide bonds. The Labute approximate surface area is 146 Å². The third kappa shape index (κ3) is 3.79. The van der Waals surface area contributed by atoms with E-state index < -0.39 is 5.82 Å². The zero-order valence-electron chi connectivity index (χ0n) is 14.7. The number of amides is 1. The maximum Gasteiger partial charge on any atom is 0.236 e. The lowest BCUT2D eigenvalue weighted by atomic mass is 10.2. The summed E-state index contributed by atoms with van der Waals surface area (Å²) in [7, 11) is 3.15. The van der Waals surface area contributed by atoms with E-state index in [4.69, 9.17) is 4.74 Å². The highest BCUT2D eigenvalue weighted by Crippen LogP contribution is 2.18. The van der Waals surface area contributed by atoms with Crippen molar-refractivity contribution in [3.05, 3.63) is 41.2 Å². The van der Waals surface area contributed by atoms with Crippen LogP contribution in [0.2, 0.25) is 0 Å². The number of aryl methyl sites for hydroxylation is 1. The fraction of sp³-hybridized carbons (Fsp3) is 0.471. The lowest BCUT2D eigenvalue weighted by Gasteiger charge is -2.28. The summed E-state index contributed by atoms with van der Waals surface area (Å²) in [5, 5.41) is 8.22. The molecule has 7 nitrogen and oxygen atoms in total. The van der Waals surface area contributed by atoms with E-state index in [1.807, 2.05) is 6.92 Å². The summed E-state index contributed by atoms with van der Waals surface area (Å²) >= 11 is 0. The fourth-order valence-electron chi connectivity index (χ4n) is 2.97. The third-order valence-electron chi connectivity index (χ3n) is 4.44. The molecule has 1 aromatic carbocycles. The minimum Gasteiger partial charge on any atom is -0.494 e. The standard InChI is InChI=1S/C17H22FN5O2/c1-12-19-20-16-10-22(6-7-23(12)16)11-17(24)21(2)9-13-4-5-15(25-3)14(18)8-13/h4-5,8H,6-7,9-11H2,1-3H3. The first-order valence-electron chi connectivity index (χ1n) is 8.15. The van der Waals surface area contributed by atoms with Gasteiger partial charge in [0.15, 0.2) is 11.6 Å². The van der Waals surface area contributed by atoms with Crippen LogP contribution in [0.25, 0.3) is 0 Å². The first-order chi connectivity index (χ1) is 12.0. The molecule has 1 aromatic heterocycles. The van der Waals surface area contributed by atoms with E-state index in [2.05, 4.69) is 19.7 Å². The number of nitrogens with zero attached hydrogens (tertiary/aromatic N) is 5. The van der Waals surface area contributed by atoms with E-state index in [-0.39, 0.29) is 11.7 Å². The van der Waals surface area contributed by atoms with E-state index in [0.29, 0.717) is 19.6 Å². The van der Waals surface area contributed by atoms with Crippen molar-refractivity contribution in [2.75, 3.05) is 27.2 Å². The summed E-state index contributed by atoms with van der Waals surface area (Å²) in [5.41, 5.74) is 0.725. The molecule has 0 saturated carbocycles. The van der Waals surface area contributed by atoms with Crippen molar-refractivity contribution >= 4 is 5.91 Å². The van der Waals surface area contributed by atoms with Gasteiger partial charge in [-0.2, -0.15) is 0 Å². The monoisotopic (exact) mass is 347 g/mol. The average molecular weight is 347 g/mol. The van der Waals surface area contributed by atoms with Crippen molar-refractivity contribution in [1.82, 2.24) is 24.6 Å². The Morgan fingerprint density at radius 2 is 2.16 bits per heavy atom. The van der Waals surface area contributed by atoms with Crippen molar-refractivity contribution in [3.8, 4) is 5.75 Å². The fourth-order valence-corrected chi connectivity index (χ4v) is 2.97. The van der Waals surface area contributed by atoms with E-state index >= 15 is 0 Å². The lowest BCUT2D eigenvalue weighted by Crippen LogP contribution is -2.42. The van der Waals surface area contributed by atoms with Crippen LogP contribution in [0.15, 0.2) is 18.2 Å². The molecule has 0 N–H and O–H groups in total. The van der Waals surface area contributed by atoms with E-state index in [1.165, 1.54) is 13.2 Å². The van der Waals surface area contributed by atoms with Gasteiger partial charge in [-0.1, -0.05) is 6.07 Å². The number of carbonyl (C=O) groups is 1. The van der Waals surface area contributed by atoms with Crippen molar-refractivity contribution in [2.24, 2.45) is 0 Å². The molecule has 2 aromatic rings. The molecule has 1 aliphatic heterocycles. The Bertz CT molecular complexity index is 776. The second-order valence-electron chi connectivity index (χ2n) is 6.24. The molecule has 0 aliphatic carbocycles. The molecule has 8 heteroatoms. The molecule has 25 heavy (non-hydrogen) atoms. The molecule has 0 saturated heterocycles. The predicted molar refractivity (Wildman–Crippen MR) is 89.5 cm³/mol. The first-order valence-corrected chi connectivity index (χ1v) is 8.15. The predicted octanol–water partition coefficient (Wildman–Crippen LogP) is 1.21. The molecule has 134 valence electrons. The second kappa shape index (κ2) is 7.18. The summed E-state index contributed by atoms with van der Waals surface area (Å²) in [5.74, 6) is 1.55. The molecule has 0 atom stereocenters. The van der Waals surface area contributed by atoms with Crippen molar-refractivity contribution in [2.45, 2.75) is 26.6 Å². The molecule has 0 unspecified atom stereocenters. The highest BCUT2D eigenvalue weighted by Gasteiger charge is 2.22. The van der Waals surface area contributed by atoms with Crippen LogP contribution in [0.1, 0.15) is 17.2 Å². The first kappa shape index (κ1) is 17.3. The van der Waals surface area contributed by atoms with Crippen molar-refractivity contribution in [3.63, 3.8) is 0 Å². The number of rotatable bonds is 5. The minimum atomic E-state index is -0.424. The van der Waals surface area contributed by atoms with Gasteiger partial charge in [0.1, 0.15) is 11.6 Å². The van der Waals surface area contributed by atoms with Gasteiger partial charge in [-0.25, -0.2) is 4.39 Å². The van der Waals surface area contributed by atoms with Gasteiger partial charge in [0.25, 0.3) is 0 Å². The zero-order valence-corrected chi connectivity index (χ0v) is 14.7. The van der Waals surface area contributed by atoms with E-state index in [0.717, 1.165) is 30.3 Å². The summed E-state index contributed by atoms with van der Waals surface area (Å²) in [6.45, 7) is 4.76. The minimum absolute atomic E-state index is 0.0130. The Hall–Kier alpha value is -2.48. The van der Waals surface area contributed by atoms with Crippen LogP contribution >= 0.6 is 0 Å². The largest absolute Gasteiger partial charge is 0.494 e. The topological polar surface area (TPSA) is 63.5 Å². The summed E-state index contributed by atoms with van der Waals surface area (Å²) in [4.78, 5) is 16.1. The highest BCUT2D eigenvalue weighted by molar-refractivity contribution is 5.78. The Morgan fingerprint density at radius 1 is 1.36 bits per heavy atom. The van der Waals surface area contributed by atoms with Gasteiger partial charge < -0.3 is 14.2 Å². The van der Waals surface area contributed by atoms with Gasteiger partial charge in [0.05, 0.1) is 20.2 Å². The molecule has 0 spiro atoms. The highest BCUT2D eigenvalue weighted by atomic mass is 19.1. The number of halogens is 1. The zero-order chi connectivity index (χ0) is 18.0. The van der Waals surface area contributed by atoms with E-state index in [1.54, 1.807) is 24.1 Å². The van der Waals surface area contributed by atoms with Crippen LogP contribution in [0.5, 0.6) is 5.75 Å². The lowest BCUT2D eigenvalue weighted by molar-refractivity contribution is -0.132. The number of ether oxygens (including phenoxy) is 1. The molecule has 0 radical (unpaired) electrons. The number of aromatic nitrogens is 3. The number of hydrogen-bond donors (Lipinski definition) is 0. The molecular weight excluding hydrogens is 325 g/mol. The Balaban J connectivity index is 1.57. The summed E-state index contributed by atoms with van der Waals surface area (Å²) < 4.78 is 20.7. The maximum absolute atomic E-state index is 13.8. The van der Waals surface area contributed by atoms with Gasteiger partial charge in [-0.3, -0.25) is 9.69 Å². The van der Waals surface area contributed by atoms with Gasteiger partial charge >= 0.3 is 0 Å². The Morgan fingerprint density at radius 3 is 2.88 bits per heavy atom. The van der Waals surface area contributed by atoms with Crippen LogP contribution in [0.3, 0.4) is 0 Å². The van der Waals surface area contributed by atoms with Gasteiger partial charge in [0.2, 0.25) is 5.91 Å². The smallest absolute Gasteiger partial charge is 0.236 e. The number of likely N-dealkylation sites (N-methyl/N-ethyl adjacent to an activating group) is 1. The number of fused-ring (bicyclic) bond motifs is 1. The number of carbonyl (C=O) groups excluding carboxylic acids is 1. The number of hydrogen-bond acceptors (Lipinski definition) is 5. The van der Waals surface area contributed by atoms with Gasteiger partial charge in [0, 0.05) is 26.7 Å². The Kier molecular flexibility index (Phi) is 4.98. The summed E-state index contributed by atoms with van der Waals surface area (Å²) in [6.07, 6.45) is 0. The maximum atomic E-state index is 13.8. The van der Waals surface area contributed by atoms with Crippen molar-refractivity contribution in [1.29, 1.82) is 0 Å². The van der Waals surface area contributed by atoms with Crippen molar-refractivity contribution < 1.29 is 13.9 Å². The summed E-state index contributed by atoms with van der Waals surface area (Å²) in [6, 6.07) is 4.73. The van der Waals surface area contributed by atoms with Crippen LogP contribution in [-0.2, 0) is 24.4 Å². The molecule has 0 fully saturated rings. The van der Waals surface area contributed by atoms with E-state index in [9.17, 15) is 9.18 Å². The van der Waals surface area contributed by atoms with Gasteiger partial charge in [-0.15, -0.1) is 10.2 Å².